The lowest BCUT2D eigenvalue weighted by Gasteiger charge is -2.44. The second-order valence-corrected chi connectivity index (χ2v) is 7.79. The van der Waals surface area contributed by atoms with Gasteiger partial charge in [-0.15, -0.1) is 0 Å². The normalized spacial score (nSPS) is 20.3. The number of amides is 3. The Labute approximate surface area is 198 Å². The van der Waals surface area contributed by atoms with Crippen LogP contribution in [0.25, 0.3) is 0 Å². The minimum Gasteiger partial charge on any atom is -0.457 e. The van der Waals surface area contributed by atoms with E-state index in [-0.39, 0.29) is 44.4 Å². The Morgan fingerprint density at radius 2 is 1.68 bits per heavy atom. The van der Waals surface area contributed by atoms with Crippen LogP contribution in [0.3, 0.4) is 0 Å². The molecule has 4 atom stereocenters. The number of nitrogens with zero attached hydrogens (tertiary/aromatic N) is 1. The molecular formula is C23H31N3O8. The molecule has 0 spiro atoms. The van der Waals surface area contributed by atoms with Crippen LogP contribution in [0, 0.1) is 5.92 Å². The molecule has 11 heteroatoms. The third-order valence-corrected chi connectivity index (χ3v) is 5.32. The van der Waals surface area contributed by atoms with Crippen molar-refractivity contribution in [2.24, 2.45) is 5.92 Å². The van der Waals surface area contributed by atoms with Crippen LogP contribution in [-0.2, 0) is 23.8 Å². The molecule has 1 saturated heterocycles. The smallest absolute Gasteiger partial charge is 0.407 e. The monoisotopic (exact) mass is 477 g/mol. The van der Waals surface area contributed by atoms with E-state index in [0.29, 0.717) is 12.0 Å². The molecule has 3 N–H and O–H groups in total. The Kier molecular flexibility index (Phi) is 9.87. The lowest BCUT2D eigenvalue weighted by molar-refractivity contribution is -0.162. The summed E-state index contributed by atoms with van der Waals surface area (Å²) in [6.07, 6.45) is 2.28. The van der Waals surface area contributed by atoms with Crippen molar-refractivity contribution in [3.63, 3.8) is 0 Å². The van der Waals surface area contributed by atoms with E-state index < -0.39 is 42.3 Å². The number of hydrogen-bond donors (Lipinski definition) is 3. The van der Waals surface area contributed by atoms with Gasteiger partial charge in [-0.05, 0) is 25.3 Å². The van der Waals surface area contributed by atoms with E-state index in [1.54, 1.807) is 0 Å². The van der Waals surface area contributed by atoms with Gasteiger partial charge < -0.3 is 34.9 Å². The van der Waals surface area contributed by atoms with Gasteiger partial charge in [-0.3, -0.25) is 4.79 Å². The maximum Gasteiger partial charge on any atom is 0.407 e. The number of hydrogen-bond acceptors (Lipinski definition) is 8. The molecule has 3 amide bonds. The summed E-state index contributed by atoms with van der Waals surface area (Å²) in [4.78, 5) is 50.7. The fourth-order valence-corrected chi connectivity index (χ4v) is 3.94. The molecule has 2 aliphatic heterocycles. The first-order valence-corrected chi connectivity index (χ1v) is 10.8. The van der Waals surface area contributed by atoms with E-state index in [2.05, 4.69) is 30.4 Å². The van der Waals surface area contributed by atoms with Crippen molar-refractivity contribution < 1.29 is 38.5 Å². The molecule has 0 aromatic rings. The number of nitrogens with one attached hydrogen (secondary N) is 2. The minimum absolute atomic E-state index is 0.00916. The number of carbonyl (C=O) groups excluding carboxylic acids is 4. The number of β-lactam (4-membered cyclic amide) rings is 1. The second-order valence-electron chi connectivity index (χ2n) is 7.79. The first kappa shape index (κ1) is 26.7. The van der Waals surface area contributed by atoms with E-state index in [0.717, 1.165) is 0 Å². The van der Waals surface area contributed by atoms with Gasteiger partial charge in [0.15, 0.2) is 0 Å². The van der Waals surface area contributed by atoms with Crippen molar-refractivity contribution in [2.45, 2.75) is 38.0 Å². The molecule has 0 aromatic carbocycles. The Morgan fingerprint density at radius 3 is 2.26 bits per heavy atom. The summed E-state index contributed by atoms with van der Waals surface area (Å²) in [5.74, 6) is -1.72. The summed E-state index contributed by atoms with van der Waals surface area (Å²) < 4.78 is 15.0. The molecular weight excluding hydrogens is 446 g/mol. The lowest BCUT2D eigenvalue weighted by atomic mass is 9.82. The van der Waals surface area contributed by atoms with Crippen LogP contribution in [0.1, 0.15) is 19.8 Å². The Balaban J connectivity index is 2.24. The minimum atomic E-state index is -0.886. The van der Waals surface area contributed by atoms with Crippen molar-refractivity contribution in [1.82, 2.24) is 15.5 Å². The highest BCUT2D eigenvalue weighted by Gasteiger charge is 2.56. The van der Waals surface area contributed by atoms with Crippen molar-refractivity contribution in [3.8, 4) is 0 Å². The highest BCUT2D eigenvalue weighted by Crippen LogP contribution is 2.45. The fourth-order valence-electron chi connectivity index (χ4n) is 3.94. The molecule has 11 nitrogen and oxygen atoms in total. The molecule has 0 saturated carbocycles. The van der Waals surface area contributed by atoms with Gasteiger partial charge in [0.2, 0.25) is 5.91 Å². The lowest BCUT2D eigenvalue weighted by Crippen LogP contribution is -2.61. The average Bonchev–Trinajstić information content (AvgIpc) is 3.11. The molecule has 0 unspecified atom stereocenters. The summed E-state index contributed by atoms with van der Waals surface area (Å²) in [6, 6.07) is -1.10. The highest BCUT2D eigenvalue weighted by molar-refractivity contribution is 6.00. The first-order valence-electron chi connectivity index (χ1n) is 10.8. The highest BCUT2D eigenvalue weighted by atomic mass is 16.6. The largest absolute Gasteiger partial charge is 0.457 e. The number of ether oxygens (including phenoxy) is 3. The molecule has 34 heavy (non-hydrogen) atoms. The standard InChI is InChI=1S/C23H31N3O8/c1-5-8-32-21(29)19-15(12-17-18(14(4)27)20(28)26(17)19)11-16(25-23(31)34-10-7-3)13-24-22(30)33-9-6-2/h5-7,14,16-18,27H,1-3,8-13H2,4H3,(H,24,30)(H,25,31)/t14-,16+,17-,18-/m1/s1. The summed E-state index contributed by atoms with van der Waals surface area (Å²) >= 11 is 0. The van der Waals surface area contributed by atoms with E-state index in [4.69, 9.17) is 14.2 Å². The molecule has 186 valence electrons. The van der Waals surface area contributed by atoms with Crippen LogP contribution in [0.5, 0.6) is 0 Å². The van der Waals surface area contributed by atoms with E-state index in [1.165, 1.54) is 30.1 Å². The van der Waals surface area contributed by atoms with Crippen molar-refractivity contribution in [2.75, 3.05) is 26.4 Å². The van der Waals surface area contributed by atoms with Gasteiger partial charge in [-0.25, -0.2) is 14.4 Å². The number of esters is 1. The number of aliphatic hydroxyl groups excluding tert-OH is 1. The fraction of sp³-hybridized carbons (Fsp3) is 0.478. The van der Waals surface area contributed by atoms with Gasteiger partial charge in [-0.1, -0.05) is 38.0 Å². The van der Waals surface area contributed by atoms with E-state index in [1.807, 2.05) is 0 Å². The predicted molar refractivity (Wildman–Crippen MR) is 121 cm³/mol. The topological polar surface area (TPSA) is 144 Å². The zero-order chi connectivity index (χ0) is 25.3. The van der Waals surface area contributed by atoms with Gasteiger partial charge in [0.1, 0.15) is 25.5 Å². The van der Waals surface area contributed by atoms with Crippen LogP contribution >= 0.6 is 0 Å². The Hall–Kier alpha value is -3.60. The maximum absolute atomic E-state index is 12.7. The van der Waals surface area contributed by atoms with Gasteiger partial charge in [-0.2, -0.15) is 0 Å². The molecule has 0 bridgehead atoms. The number of alkyl carbamates (subject to hydrolysis) is 2. The van der Waals surface area contributed by atoms with Crippen LogP contribution in [0.15, 0.2) is 49.2 Å². The zero-order valence-corrected chi connectivity index (χ0v) is 19.2. The van der Waals surface area contributed by atoms with Crippen LogP contribution in [-0.4, -0.2) is 78.6 Å². The SMILES string of the molecule is C=CCOC(=O)NC[C@H](CC1=C(C(=O)OCC=C)N2C(=O)[C@H]([C@@H](C)O)[C@H]2C1)NC(=O)OCC=C. The summed E-state index contributed by atoms with van der Waals surface area (Å²) in [5, 5.41) is 15.2. The van der Waals surface area contributed by atoms with E-state index in [9.17, 15) is 24.3 Å². The third-order valence-electron chi connectivity index (χ3n) is 5.32. The zero-order valence-electron chi connectivity index (χ0n) is 19.2. The average molecular weight is 478 g/mol. The first-order chi connectivity index (χ1) is 16.2. The summed E-state index contributed by atoms with van der Waals surface area (Å²) in [5.41, 5.74) is 0.625. The van der Waals surface area contributed by atoms with Gasteiger partial charge in [0.05, 0.1) is 24.1 Å². The molecule has 1 fully saturated rings. The Morgan fingerprint density at radius 1 is 1.09 bits per heavy atom. The number of fused-ring (bicyclic) bond motifs is 1. The number of aliphatic hydroxyl groups is 1. The molecule has 2 aliphatic rings. The second kappa shape index (κ2) is 12.6. The third kappa shape index (κ3) is 6.47. The quantitative estimate of drug-likeness (QED) is 0.155. The summed E-state index contributed by atoms with van der Waals surface area (Å²) in [6.45, 7) is 11.9. The summed E-state index contributed by atoms with van der Waals surface area (Å²) in [7, 11) is 0. The number of rotatable bonds is 13. The van der Waals surface area contributed by atoms with Crippen molar-refractivity contribution in [1.29, 1.82) is 0 Å². The molecule has 2 heterocycles. The van der Waals surface area contributed by atoms with Gasteiger partial charge in [0.25, 0.3) is 0 Å². The van der Waals surface area contributed by atoms with Crippen LogP contribution in [0.2, 0.25) is 0 Å². The van der Waals surface area contributed by atoms with Crippen molar-refractivity contribution >= 4 is 24.1 Å². The van der Waals surface area contributed by atoms with Crippen molar-refractivity contribution in [3.05, 3.63) is 49.2 Å². The molecule has 0 radical (unpaired) electrons. The van der Waals surface area contributed by atoms with Gasteiger partial charge in [0, 0.05) is 6.54 Å². The van der Waals surface area contributed by atoms with E-state index >= 15 is 0 Å². The predicted octanol–water partition coefficient (Wildman–Crippen LogP) is 1.16. The maximum atomic E-state index is 12.7. The van der Waals surface area contributed by atoms with Gasteiger partial charge >= 0.3 is 18.2 Å². The van der Waals surface area contributed by atoms with Crippen LogP contribution in [0.4, 0.5) is 9.59 Å². The number of carbonyl (C=O) groups is 4. The Bertz CT molecular complexity index is 866. The molecule has 0 aliphatic carbocycles. The molecule has 0 aromatic heterocycles. The molecule has 2 rings (SSSR count). The van der Waals surface area contributed by atoms with Crippen LogP contribution < -0.4 is 10.6 Å².